The summed E-state index contributed by atoms with van der Waals surface area (Å²) in [7, 11) is 0. The molecule has 1 atom stereocenters. The van der Waals surface area contributed by atoms with Gasteiger partial charge in [0, 0.05) is 64.9 Å². The Morgan fingerprint density at radius 1 is 1.08 bits per heavy atom. The topological polar surface area (TPSA) is 112 Å². The predicted octanol–water partition coefficient (Wildman–Crippen LogP) is 0.241. The standard InChI is InChI=1S/C19H44N6O/c1-17(14-26)5-8-23-15-19(3,4)16-24-18(2)13-22-9-12-25(10-6-20)11-7-21/h14,18,22-24,26H,5-13,15-16,20-21H2,1-4H3/b17-14+. The summed E-state index contributed by atoms with van der Waals surface area (Å²) in [6.45, 7) is 17.5. The smallest absolute Gasteiger partial charge is 0.0781 e. The molecule has 0 aromatic carbocycles. The van der Waals surface area contributed by atoms with E-state index in [-0.39, 0.29) is 5.41 Å². The summed E-state index contributed by atoms with van der Waals surface area (Å²) in [4.78, 5) is 2.30. The molecule has 26 heavy (non-hydrogen) atoms. The second-order valence-electron chi connectivity index (χ2n) is 7.97. The molecule has 0 saturated carbocycles. The van der Waals surface area contributed by atoms with E-state index in [0.29, 0.717) is 19.1 Å². The third-order valence-electron chi connectivity index (χ3n) is 4.40. The minimum atomic E-state index is 0.185. The van der Waals surface area contributed by atoms with Gasteiger partial charge < -0.3 is 32.5 Å². The highest BCUT2D eigenvalue weighted by Crippen LogP contribution is 2.12. The molecular formula is C19H44N6O. The van der Waals surface area contributed by atoms with Crippen molar-refractivity contribution >= 4 is 0 Å². The van der Waals surface area contributed by atoms with Crippen LogP contribution in [0.5, 0.6) is 0 Å². The van der Waals surface area contributed by atoms with Crippen molar-refractivity contribution in [2.45, 2.75) is 40.2 Å². The molecule has 1 unspecified atom stereocenters. The molecule has 0 saturated heterocycles. The van der Waals surface area contributed by atoms with Gasteiger partial charge in [-0.15, -0.1) is 0 Å². The molecule has 0 rings (SSSR count). The van der Waals surface area contributed by atoms with Crippen molar-refractivity contribution < 1.29 is 5.11 Å². The molecule has 0 amide bonds. The molecule has 0 radical (unpaired) electrons. The van der Waals surface area contributed by atoms with Crippen molar-refractivity contribution in [3.8, 4) is 0 Å². The summed E-state index contributed by atoms with van der Waals surface area (Å²) in [6, 6.07) is 0.423. The molecule has 0 fully saturated rings. The molecule has 156 valence electrons. The Morgan fingerprint density at radius 3 is 2.31 bits per heavy atom. The molecule has 0 aliphatic carbocycles. The molecule has 0 spiro atoms. The average Bonchev–Trinajstić information content (AvgIpc) is 2.60. The van der Waals surface area contributed by atoms with Crippen LogP contribution < -0.4 is 27.4 Å². The molecule has 0 aromatic rings. The van der Waals surface area contributed by atoms with Gasteiger partial charge in [-0.25, -0.2) is 0 Å². The van der Waals surface area contributed by atoms with E-state index in [9.17, 15) is 0 Å². The minimum Gasteiger partial charge on any atom is -0.516 e. The van der Waals surface area contributed by atoms with Crippen LogP contribution in [0.1, 0.15) is 34.1 Å². The van der Waals surface area contributed by atoms with Crippen LogP contribution in [0.4, 0.5) is 0 Å². The summed E-state index contributed by atoms with van der Waals surface area (Å²) in [5, 5.41) is 19.5. The van der Waals surface area contributed by atoms with Gasteiger partial charge in [0.2, 0.25) is 0 Å². The van der Waals surface area contributed by atoms with Gasteiger partial charge in [-0.05, 0) is 37.8 Å². The normalized spacial score (nSPS) is 14.2. The fourth-order valence-corrected chi connectivity index (χ4v) is 2.62. The zero-order valence-electron chi connectivity index (χ0n) is 17.5. The SMILES string of the molecule is C/C(=C\O)CCNCC(C)(C)CNC(C)CNCCN(CCN)CCN. The summed E-state index contributed by atoms with van der Waals surface area (Å²) in [5.41, 5.74) is 12.4. The number of hydrogen-bond acceptors (Lipinski definition) is 7. The Hall–Kier alpha value is -0.700. The summed E-state index contributed by atoms with van der Waals surface area (Å²) in [6.07, 6.45) is 2.07. The van der Waals surface area contributed by atoms with Gasteiger partial charge in [-0.3, -0.25) is 4.90 Å². The van der Waals surface area contributed by atoms with Crippen LogP contribution in [0.3, 0.4) is 0 Å². The third-order valence-corrected chi connectivity index (χ3v) is 4.40. The van der Waals surface area contributed by atoms with Crippen LogP contribution in [0.25, 0.3) is 0 Å². The molecule has 0 aromatic heterocycles. The lowest BCUT2D eigenvalue weighted by molar-refractivity contribution is 0.281. The van der Waals surface area contributed by atoms with E-state index in [1.165, 1.54) is 6.26 Å². The molecule has 0 aliphatic heterocycles. The van der Waals surface area contributed by atoms with Crippen molar-refractivity contribution in [1.29, 1.82) is 0 Å². The Morgan fingerprint density at radius 2 is 1.73 bits per heavy atom. The van der Waals surface area contributed by atoms with E-state index in [1.807, 2.05) is 6.92 Å². The largest absolute Gasteiger partial charge is 0.516 e. The second kappa shape index (κ2) is 15.4. The first-order chi connectivity index (χ1) is 12.3. The van der Waals surface area contributed by atoms with E-state index in [1.54, 1.807) is 0 Å². The lowest BCUT2D eigenvalue weighted by Crippen LogP contribution is -2.45. The Balaban J connectivity index is 3.82. The number of nitrogens with zero attached hydrogens (tertiary/aromatic N) is 1. The van der Waals surface area contributed by atoms with Gasteiger partial charge in [0.1, 0.15) is 0 Å². The molecule has 7 nitrogen and oxygen atoms in total. The number of nitrogens with two attached hydrogens (primary N) is 2. The second-order valence-corrected chi connectivity index (χ2v) is 7.97. The zero-order chi connectivity index (χ0) is 19.8. The van der Waals surface area contributed by atoms with Crippen molar-refractivity contribution in [2.24, 2.45) is 16.9 Å². The Labute approximate surface area is 161 Å². The van der Waals surface area contributed by atoms with Gasteiger partial charge in [0.25, 0.3) is 0 Å². The number of nitrogens with one attached hydrogen (secondary N) is 3. The zero-order valence-corrected chi connectivity index (χ0v) is 17.5. The monoisotopic (exact) mass is 372 g/mol. The van der Waals surface area contributed by atoms with Crippen molar-refractivity contribution in [2.75, 3.05) is 65.4 Å². The molecule has 0 bridgehead atoms. The first-order valence-electron chi connectivity index (χ1n) is 9.91. The lowest BCUT2D eigenvalue weighted by Gasteiger charge is -2.28. The van der Waals surface area contributed by atoms with Crippen LogP contribution in [-0.2, 0) is 0 Å². The van der Waals surface area contributed by atoms with Crippen LogP contribution >= 0.6 is 0 Å². The lowest BCUT2D eigenvalue weighted by atomic mass is 9.93. The van der Waals surface area contributed by atoms with Gasteiger partial charge in [0.15, 0.2) is 0 Å². The van der Waals surface area contributed by atoms with E-state index in [0.717, 1.165) is 64.4 Å². The van der Waals surface area contributed by atoms with Crippen LogP contribution in [-0.4, -0.2) is 81.5 Å². The fourth-order valence-electron chi connectivity index (χ4n) is 2.62. The maximum Gasteiger partial charge on any atom is 0.0781 e. The number of rotatable bonds is 17. The Bertz CT molecular complexity index is 356. The van der Waals surface area contributed by atoms with E-state index in [2.05, 4.69) is 41.6 Å². The highest BCUT2D eigenvalue weighted by Gasteiger charge is 2.18. The molecule has 0 aliphatic rings. The van der Waals surface area contributed by atoms with Crippen LogP contribution in [0.15, 0.2) is 11.8 Å². The van der Waals surface area contributed by atoms with Crippen molar-refractivity contribution in [3.63, 3.8) is 0 Å². The van der Waals surface area contributed by atoms with Gasteiger partial charge in [-0.2, -0.15) is 0 Å². The number of aliphatic hydroxyl groups is 1. The fraction of sp³-hybridized carbons (Fsp3) is 0.895. The number of hydrogen-bond donors (Lipinski definition) is 6. The van der Waals surface area contributed by atoms with E-state index in [4.69, 9.17) is 16.6 Å². The minimum absolute atomic E-state index is 0.185. The number of aliphatic hydroxyl groups excluding tert-OH is 1. The molecular weight excluding hydrogens is 328 g/mol. The Kier molecular flexibility index (Phi) is 15.0. The van der Waals surface area contributed by atoms with E-state index >= 15 is 0 Å². The van der Waals surface area contributed by atoms with Crippen molar-refractivity contribution in [3.05, 3.63) is 11.8 Å². The van der Waals surface area contributed by atoms with Gasteiger partial charge >= 0.3 is 0 Å². The van der Waals surface area contributed by atoms with Crippen molar-refractivity contribution in [1.82, 2.24) is 20.9 Å². The quantitative estimate of drug-likeness (QED) is 0.160. The van der Waals surface area contributed by atoms with Crippen LogP contribution in [0, 0.1) is 5.41 Å². The molecule has 7 heteroatoms. The predicted molar refractivity (Wildman–Crippen MR) is 113 cm³/mol. The highest BCUT2D eigenvalue weighted by molar-refractivity contribution is 4.92. The summed E-state index contributed by atoms with van der Waals surface area (Å²) in [5.74, 6) is 0. The first-order valence-corrected chi connectivity index (χ1v) is 9.91. The molecule has 0 heterocycles. The maximum atomic E-state index is 8.89. The highest BCUT2D eigenvalue weighted by atomic mass is 16.2. The molecule has 8 N–H and O–H groups in total. The van der Waals surface area contributed by atoms with Gasteiger partial charge in [-0.1, -0.05) is 13.8 Å². The first kappa shape index (κ1) is 25.3. The van der Waals surface area contributed by atoms with E-state index < -0.39 is 0 Å². The van der Waals surface area contributed by atoms with Crippen LogP contribution in [0.2, 0.25) is 0 Å². The summed E-state index contributed by atoms with van der Waals surface area (Å²) < 4.78 is 0. The summed E-state index contributed by atoms with van der Waals surface area (Å²) >= 11 is 0. The average molecular weight is 373 g/mol. The third kappa shape index (κ3) is 14.5. The maximum absolute atomic E-state index is 8.89. The van der Waals surface area contributed by atoms with Gasteiger partial charge in [0.05, 0.1) is 6.26 Å².